The lowest BCUT2D eigenvalue weighted by Crippen LogP contribution is -2.38. The molecule has 31 heavy (non-hydrogen) atoms. The Morgan fingerprint density at radius 3 is 2.32 bits per heavy atom. The standard InChI is InChI=1S/C24H23N3O3S/c1-18-8-9-19(2)23(16-18)27(31(29,30)22-6-4-3-5-7-22)17-24(28)26-21-12-10-20(11-13-21)14-15-25/h3-13,16H,14,17H2,1-2H3,(H,26,28). The van der Waals surface area contributed by atoms with E-state index in [1.807, 2.05) is 26.0 Å². The number of hydrogen-bond donors (Lipinski definition) is 1. The van der Waals surface area contributed by atoms with Gasteiger partial charge in [0.25, 0.3) is 10.0 Å². The van der Waals surface area contributed by atoms with Crippen LogP contribution < -0.4 is 9.62 Å². The molecule has 0 fully saturated rings. The number of aryl methyl sites for hydroxylation is 2. The lowest BCUT2D eigenvalue weighted by molar-refractivity contribution is -0.114. The molecule has 0 aliphatic heterocycles. The predicted molar refractivity (Wildman–Crippen MR) is 121 cm³/mol. The maximum atomic E-state index is 13.4. The zero-order chi connectivity index (χ0) is 22.4. The molecule has 0 saturated carbocycles. The molecule has 0 atom stereocenters. The van der Waals surface area contributed by atoms with Crippen LogP contribution in [0.5, 0.6) is 0 Å². The molecule has 7 heteroatoms. The van der Waals surface area contributed by atoms with Crippen LogP contribution in [0.15, 0.2) is 77.7 Å². The highest BCUT2D eigenvalue weighted by Crippen LogP contribution is 2.28. The number of hydrogen-bond acceptors (Lipinski definition) is 4. The van der Waals surface area contributed by atoms with Crippen LogP contribution in [0.1, 0.15) is 16.7 Å². The Kier molecular flexibility index (Phi) is 6.73. The summed E-state index contributed by atoms with van der Waals surface area (Å²) in [6.45, 7) is 3.31. The Morgan fingerprint density at radius 1 is 1.00 bits per heavy atom. The van der Waals surface area contributed by atoms with E-state index < -0.39 is 15.9 Å². The third kappa shape index (κ3) is 5.30. The topological polar surface area (TPSA) is 90.3 Å². The number of sulfonamides is 1. The number of nitriles is 1. The third-order valence-corrected chi connectivity index (χ3v) is 6.55. The SMILES string of the molecule is Cc1ccc(C)c(N(CC(=O)Nc2ccc(CC#N)cc2)S(=O)(=O)c2ccccc2)c1. The third-order valence-electron chi connectivity index (χ3n) is 4.77. The molecule has 3 aromatic rings. The molecule has 158 valence electrons. The zero-order valence-corrected chi connectivity index (χ0v) is 18.2. The molecule has 0 heterocycles. The molecule has 0 spiro atoms. The lowest BCUT2D eigenvalue weighted by Gasteiger charge is -2.26. The summed E-state index contributed by atoms with van der Waals surface area (Å²) in [7, 11) is -3.96. The Hall–Kier alpha value is -3.63. The summed E-state index contributed by atoms with van der Waals surface area (Å²) in [6, 6.07) is 22.5. The van der Waals surface area contributed by atoms with Crippen molar-refractivity contribution in [3.63, 3.8) is 0 Å². The van der Waals surface area contributed by atoms with Gasteiger partial charge in [0.15, 0.2) is 0 Å². The van der Waals surface area contributed by atoms with Crippen molar-refractivity contribution in [3.05, 3.63) is 89.5 Å². The molecule has 0 bridgehead atoms. The second kappa shape index (κ2) is 9.45. The molecule has 0 aromatic heterocycles. The highest BCUT2D eigenvalue weighted by molar-refractivity contribution is 7.92. The summed E-state index contributed by atoms with van der Waals surface area (Å²) in [5, 5.41) is 11.5. The molecule has 0 saturated heterocycles. The highest BCUT2D eigenvalue weighted by Gasteiger charge is 2.28. The quantitative estimate of drug-likeness (QED) is 0.604. The van der Waals surface area contributed by atoms with Crippen molar-refractivity contribution < 1.29 is 13.2 Å². The Balaban J connectivity index is 1.92. The van der Waals surface area contributed by atoms with Gasteiger partial charge < -0.3 is 5.32 Å². The summed E-state index contributed by atoms with van der Waals surface area (Å²) in [5.41, 5.74) is 3.47. The summed E-state index contributed by atoms with van der Waals surface area (Å²) < 4.78 is 28.0. The van der Waals surface area contributed by atoms with E-state index in [4.69, 9.17) is 5.26 Å². The van der Waals surface area contributed by atoms with Gasteiger partial charge >= 0.3 is 0 Å². The maximum Gasteiger partial charge on any atom is 0.264 e. The van der Waals surface area contributed by atoms with Crippen molar-refractivity contribution in [3.8, 4) is 6.07 Å². The largest absolute Gasteiger partial charge is 0.325 e. The van der Waals surface area contributed by atoms with Gasteiger partial charge in [-0.2, -0.15) is 5.26 Å². The number of carbonyl (C=O) groups excluding carboxylic acids is 1. The number of benzene rings is 3. The van der Waals surface area contributed by atoms with Crippen molar-refractivity contribution in [1.82, 2.24) is 0 Å². The first-order valence-electron chi connectivity index (χ1n) is 9.72. The van der Waals surface area contributed by atoms with E-state index in [9.17, 15) is 13.2 Å². The number of amides is 1. The minimum Gasteiger partial charge on any atom is -0.325 e. The molecule has 1 amide bonds. The molecule has 1 N–H and O–H groups in total. The van der Waals surface area contributed by atoms with Crippen molar-refractivity contribution in [2.75, 3.05) is 16.2 Å². The fourth-order valence-corrected chi connectivity index (χ4v) is 4.63. The van der Waals surface area contributed by atoms with E-state index in [1.165, 1.54) is 12.1 Å². The molecule has 3 rings (SSSR count). The number of nitrogens with one attached hydrogen (secondary N) is 1. The summed E-state index contributed by atoms with van der Waals surface area (Å²) in [6.07, 6.45) is 0.282. The van der Waals surface area contributed by atoms with Gasteiger partial charge in [-0.05, 0) is 60.9 Å². The Bertz CT molecular complexity index is 1220. The van der Waals surface area contributed by atoms with E-state index in [2.05, 4.69) is 11.4 Å². The van der Waals surface area contributed by atoms with Gasteiger partial charge in [0.05, 0.1) is 23.1 Å². The van der Waals surface area contributed by atoms with Gasteiger partial charge in [-0.15, -0.1) is 0 Å². The summed E-state index contributed by atoms with van der Waals surface area (Å²) in [4.78, 5) is 12.9. The molecule has 0 radical (unpaired) electrons. The summed E-state index contributed by atoms with van der Waals surface area (Å²) >= 11 is 0. The van der Waals surface area contributed by atoms with Crippen molar-refractivity contribution in [2.24, 2.45) is 0 Å². The van der Waals surface area contributed by atoms with Gasteiger partial charge in [-0.25, -0.2) is 8.42 Å². The van der Waals surface area contributed by atoms with Crippen molar-refractivity contribution >= 4 is 27.3 Å². The van der Waals surface area contributed by atoms with Gasteiger partial charge in [-0.1, -0.05) is 42.5 Å². The summed E-state index contributed by atoms with van der Waals surface area (Å²) in [5.74, 6) is -0.464. The Labute approximate surface area is 182 Å². The number of anilines is 2. The Morgan fingerprint density at radius 2 is 1.68 bits per heavy atom. The zero-order valence-electron chi connectivity index (χ0n) is 17.4. The molecule has 0 unspecified atom stereocenters. The van der Waals surface area contributed by atoms with E-state index in [1.54, 1.807) is 48.5 Å². The van der Waals surface area contributed by atoms with E-state index in [0.29, 0.717) is 11.4 Å². The lowest BCUT2D eigenvalue weighted by atomic mass is 10.1. The molecular weight excluding hydrogens is 410 g/mol. The highest BCUT2D eigenvalue weighted by atomic mass is 32.2. The maximum absolute atomic E-state index is 13.4. The van der Waals surface area contributed by atoms with Crippen molar-refractivity contribution in [1.29, 1.82) is 5.26 Å². The van der Waals surface area contributed by atoms with Crippen LogP contribution >= 0.6 is 0 Å². The minimum absolute atomic E-state index is 0.115. The number of nitrogens with zero attached hydrogens (tertiary/aromatic N) is 2. The van der Waals surface area contributed by atoms with Gasteiger partial charge in [0.2, 0.25) is 5.91 Å². The van der Waals surface area contributed by atoms with E-state index in [0.717, 1.165) is 21.0 Å². The van der Waals surface area contributed by atoms with Crippen LogP contribution in [-0.4, -0.2) is 20.9 Å². The van der Waals surface area contributed by atoms with E-state index >= 15 is 0 Å². The first kappa shape index (κ1) is 22.1. The fourth-order valence-electron chi connectivity index (χ4n) is 3.14. The monoisotopic (exact) mass is 433 g/mol. The van der Waals surface area contributed by atoms with Gasteiger partial charge in [-0.3, -0.25) is 9.10 Å². The van der Waals surface area contributed by atoms with Crippen LogP contribution in [-0.2, 0) is 21.2 Å². The van der Waals surface area contributed by atoms with Gasteiger partial charge in [0, 0.05) is 5.69 Å². The second-order valence-corrected chi connectivity index (χ2v) is 9.06. The predicted octanol–water partition coefficient (Wildman–Crippen LogP) is 4.20. The van der Waals surface area contributed by atoms with Crippen LogP contribution in [0.3, 0.4) is 0 Å². The molecule has 0 aliphatic carbocycles. The normalized spacial score (nSPS) is 10.9. The fraction of sp³-hybridized carbons (Fsp3) is 0.167. The molecule has 6 nitrogen and oxygen atoms in total. The van der Waals surface area contributed by atoms with Crippen LogP contribution in [0.2, 0.25) is 0 Å². The number of carbonyl (C=O) groups is 1. The molecular formula is C24H23N3O3S. The van der Waals surface area contributed by atoms with Crippen LogP contribution in [0, 0.1) is 25.2 Å². The van der Waals surface area contributed by atoms with Crippen LogP contribution in [0.4, 0.5) is 11.4 Å². The smallest absolute Gasteiger partial charge is 0.264 e. The average Bonchev–Trinajstić information content (AvgIpc) is 2.76. The van der Waals surface area contributed by atoms with Crippen LogP contribution in [0.25, 0.3) is 0 Å². The minimum atomic E-state index is -3.96. The van der Waals surface area contributed by atoms with Crippen molar-refractivity contribution in [2.45, 2.75) is 25.2 Å². The first-order chi connectivity index (χ1) is 14.8. The average molecular weight is 434 g/mol. The first-order valence-corrected chi connectivity index (χ1v) is 11.2. The number of rotatable bonds is 7. The van der Waals surface area contributed by atoms with E-state index in [-0.39, 0.29) is 17.9 Å². The van der Waals surface area contributed by atoms with Gasteiger partial charge in [0.1, 0.15) is 6.54 Å². The molecule has 0 aliphatic rings. The molecule has 3 aromatic carbocycles. The second-order valence-electron chi connectivity index (χ2n) is 7.19.